The van der Waals surface area contributed by atoms with Crippen molar-refractivity contribution in [3.05, 3.63) is 0 Å². The van der Waals surface area contributed by atoms with Crippen molar-refractivity contribution in [1.82, 2.24) is 5.32 Å². The molecule has 7 rings (SSSR count). The van der Waals surface area contributed by atoms with Crippen molar-refractivity contribution >= 4 is 5.97 Å². The lowest BCUT2D eigenvalue weighted by atomic mass is 9.52. The van der Waals surface area contributed by atoms with E-state index in [2.05, 4.69) is 5.32 Å². The van der Waals surface area contributed by atoms with Gasteiger partial charge in [0.1, 0.15) is 28.4 Å². The molecule has 6 bridgehead atoms. The fourth-order valence-electron chi connectivity index (χ4n) is 10.0. The van der Waals surface area contributed by atoms with Crippen LogP contribution in [0.3, 0.4) is 0 Å². The molecule has 12 atom stereocenters. The first kappa shape index (κ1) is 24.5. The molecule has 1 spiro atoms. The second-order valence-corrected chi connectivity index (χ2v) is 13.0. The van der Waals surface area contributed by atoms with Crippen LogP contribution >= 0.6 is 0 Å². The number of hydrogen-bond acceptors (Lipinski definition) is 10. The first-order chi connectivity index (χ1) is 16.0. The Kier molecular flexibility index (Phi) is 4.36. The highest BCUT2D eigenvalue weighted by Gasteiger charge is 3.10. The Labute approximate surface area is 204 Å². The van der Waals surface area contributed by atoms with Crippen LogP contribution in [0.1, 0.15) is 66.7 Å². The first-order valence-corrected chi connectivity index (χ1v) is 13.0. The van der Waals surface area contributed by atoms with Gasteiger partial charge in [0.25, 0.3) is 0 Å². The van der Waals surface area contributed by atoms with Gasteiger partial charge in [0, 0.05) is 11.8 Å². The van der Waals surface area contributed by atoms with Gasteiger partial charge in [0.05, 0.1) is 11.5 Å². The van der Waals surface area contributed by atoms with E-state index in [0.717, 1.165) is 6.42 Å². The van der Waals surface area contributed by atoms with E-state index in [1.807, 2.05) is 0 Å². The van der Waals surface area contributed by atoms with Crippen molar-refractivity contribution in [2.75, 3.05) is 6.54 Å². The minimum Gasteiger partial charge on any atom is -0.455 e. The van der Waals surface area contributed by atoms with Gasteiger partial charge >= 0.3 is 5.97 Å². The van der Waals surface area contributed by atoms with Gasteiger partial charge in [-0.15, -0.1) is 0 Å². The molecule has 0 aromatic carbocycles. The molecule has 35 heavy (non-hydrogen) atoms. The van der Waals surface area contributed by atoms with E-state index in [1.165, 1.54) is 13.8 Å². The van der Waals surface area contributed by atoms with E-state index in [9.17, 15) is 35.4 Å². The van der Waals surface area contributed by atoms with Crippen LogP contribution in [0.4, 0.5) is 0 Å². The molecular weight excluding hydrogens is 458 g/mol. The lowest BCUT2D eigenvalue weighted by Crippen LogP contribution is -2.75. The Morgan fingerprint density at radius 2 is 1.77 bits per heavy atom. The predicted octanol–water partition coefficient (Wildman–Crippen LogP) is -1.08. The van der Waals surface area contributed by atoms with Gasteiger partial charge in [-0.05, 0) is 51.0 Å². The summed E-state index contributed by atoms with van der Waals surface area (Å²) in [6.07, 6.45) is -1.70. The molecule has 0 aromatic rings. The van der Waals surface area contributed by atoms with Crippen molar-refractivity contribution in [2.45, 2.75) is 119 Å². The van der Waals surface area contributed by atoms with Crippen molar-refractivity contribution in [3.8, 4) is 0 Å². The Morgan fingerprint density at radius 1 is 1.11 bits per heavy atom. The van der Waals surface area contributed by atoms with Crippen molar-refractivity contribution in [3.63, 3.8) is 0 Å². The zero-order valence-electron chi connectivity index (χ0n) is 21.0. The van der Waals surface area contributed by atoms with E-state index in [4.69, 9.17) is 9.47 Å². The number of nitrogens with one attached hydrogen (secondary N) is 1. The fraction of sp³-hybridized carbons (Fsp3) is 0.960. The first-order valence-electron chi connectivity index (χ1n) is 13.0. The normalized spacial score (nSPS) is 64.2. The fourth-order valence-corrected chi connectivity index (χ4v) is 10.0. The molecule has 0 amide bonds. The SMILES string of the molecule is CC(C)[C@@]1(O)[C@@H](OC(=O)C2CCCN2)[C@@]2(O)[C@@]3(C)C[C@]4(O)O[C@@]5([C@H](O)[C@@H](C)CC[C@]35O)[C@@]2(O)[C@@]14C. The third kappa shape index (κ3) is 1.84. The third-order valence-electron chi connectivity index (χ3n) is 11.8. The van der Waals surface area contributed by atoms with Gasteiger partial charge in [-0.2, -0.15) is 0 Å². The van der Waals surface area contributed by atoms with E-state index in [0.29, 0.717) is 19.4 Å². The zero-order chi connectivity index (χ0) is 25.8. The number of aliphatic hydroxyl groups excluding tert-OH is 1. The average molecular weight is 498 g/mol. The summed E-state index contributed by atoms with van der Waals surface area (Å²) < 4.78 is 12.2. The maximum atomic E-state index is 13.3. The highest BCUT2D eigenvalue weighted by Crippen LogP contribution is 2.90. The summed E-state index contributed by atoms with van der Waals surface area (Å²) in [5.41, 5.74) is -15.0. The summed E-state index contributed by atoms with van der Waals surface area (Å²) in [6, 6.07) is -0.633. The van der Waals surface area contributed by atoms with Gasteiger partial charge in [-0.1, -0.05) is 27.7 Å². The Bertz CT molecular complexity index is 1000. The van der Waals surface area contributed by atoms with Crippen LogP contribution in [0.25, 0.3) is 0 Å². The molecule has 0 radical (unpaired) electrons. The molecule has 10 heteroatoms. The molecule has 4 aliphatic carbocycles. The van der Waals surface area contributed by atoms with E-state index >= 15 is 0 Å². The number of hydrogen-bond donors (Lipinski definition) is 7. The van der Waals surface area contributed by atoms with Gasteiger partial charge in [0.2, 0.25) is 0 Å². The standard InChI is InChI=1S/C25H39NO9/c1-12(2)22(31)17(34-16(28)14-7-6-10-26-14)23(32)18(4)11-21(30)19(22,5)25(23,33)24(35-21)15(27)13(3)8-9-20(18,24)29/h12-15,17,26-27,29-33H,6-11H2,1-5H3/t13-,14?,15+,17+,18-,19+,20-,21-,22+,23+,24+,25+/m0/s1. The summed E-state index contributed by atoms with van der Waals surface area (Å²) in [5.74, 6) is -4.06. The van der Waals surface area contributed by atoms with Gasteiger partial charge in [-0.25, -0.2) is 0 Å². The van der Waals surface area contributed by atoms with Crippen LogP contribution in [0.2, 0.25) is 0 Å². The molecule has 198 valence electrons. The molecule has 10 nitrogen and oxygen atoms in total. The number of esters is 1. The third-order valence-corrected chi connectivity index (χ3v) is 11.8. The molecule has 3 heterocycles. The van der Waals surface area contributed by atoms with E-state index in [-0.39, 0.29) is 12.8 Å². The van der Waals surface area contributed by atoms with Crippen LogP contribution < -0.4 is 5.32 Å². The van der Waals surface area contributed by atoms with Crippen molar-refractivity contribution in [2.24, 2.45) is 22.7 Å². The quantitative estimate of drug-likeness (QED) is 0.238. The molecule has 3 saturated heterocycles. The highest BCUT2D eigenvalue weighted by molar-refractivity contribution is 5.77. The maximum Gasteiger partial charge on any atom is 0.323 e. The molecule has 1 unspecified atom stereocenters. The van der Waals surface area contributed by atoms with Crippen LogP contribution in [-0.4, -0.2) is 95.2 Å². The van der Waals surface area contributed by atoms with Gasteiger partial charge in [0.15, 0.2) is 17.5 Å². The average Bonchev–Trinajstić information content (AvgIpc) is 3.41. The van der Waals surface area contributed by atoms with Crippen LogP contribution in [0.5, 0.6) is 0 Å². The van der Waals surface area contributed by atoms with E-state index < -0.39 is 80.7 Å². The smallest absolute Gasteiger partial charge is 0.323 e. The number of ether oxygens (including phenoxy) is 2. The van der Waals surface area contributed by atoms with Crippen molar-refractivity contribution < 1.29 is 44.9 Å². The summed E-state index contributed by atoms with van der Waals surface area (Å²) in [7, 11) is 0. The van der Waals surface area contributed by atoms with Crippen LogP contribution in [0.15, 0.2) is 0 Å². The second-order valence-electron chi connectivity index (χ2n) is 13.0. The summed E-state index contributed by atoms with van der Waals surface area (Å²) >= 11 is 0. The number of carbonyl (C=O) groups excluding carboxylic acids is 1. The van der Waals surface area contributed by atoms with Gasteiger partial charge in [-0.3, -0.25) is 4.79 Å². The second kappa shape index (κ2) is 6.23. The van der Waals surface area contributed by atoms with Crippen LogP contribution in [0, 0.1) is 22.7 Å². The Morgan fingerprint density at radius 3 is 2.34 bits per heavy atom. The largest absolute Gasteiger partial charge is 0.455 e. The predicted molar refractivity (Wildman–Crippen MR) is 120 cm³/mol. The maximum absolute atomic E-state index is 13.3. The van der Waals surface area contributed by atoms with E-state index in [1.54, 1.807) is 20.8 Å². The van der Waals surface area contributed by atoms with Gasteiger partial charge < -0.3 is 45.4 Å². The molecule has 7 aliphatic rings. The number of rotatable bonds is 3. The highest BCUT2D eigenvalue weighted by atomic mass is 16.7. The van der Waals surface area contributed by atoms with Crippen LogP contribution in [-0.2, 0) is 14.3 Å². The Balaban J connectivity index is 1.66. The molecule has 3 aliphatic heterocycles. The molecular formula is C25H39NO9. The summed E-state index contributed by atoms with van der Waals surface area (Å²) in [4.78, 5) is 13.3. The summed E-state index contributed by atoms with van der Waals surface area (Å²) in [5, 5.41) is 77.1. The zero-order valence-corrected chi connectivity index (χ0v) is 21.0. The Hall–Kier alpha value is -0.850. The van der Waals surface area contributed by atoms with Crippen molar-refractivity contribution in [1.29, 1.82) is 0 Å². The number of carbonyl (C=O) groups is 1. The number of aliphatic hydroxyl groups is 6. The minimum atomic E-state index is -2.55. The topological polar surface area (TPSA) is 169 Å². The lowest BCUT2D eigenvalue weighted by molar-refractivity contribution is -0.390. The molecule has 4 saturated carbocycles. The molecule has 7 N–H and O–H groups in total. The molecule has 0 aromatic heterocycles. The lowest BCUT2D eigenvalue weighted by Gasteiger charge is -2.60. The minimum absolute atomic E-state index is 0.0868. The summed E-state index contributed by atoms with van der Waals surface area (Å²) in [6.45, 7) is 8.66. The monoisotopic (exact) mass is 497 g/mol. The molecule has 7 fully saturated rings.